The van der Waals surface area contributed by atoms with Crippen LogP contribution < -0.4 is 0 Å². The first-order valence-electron chi connectivity index (χ1n) is 8.48. The van der Waals surface area contributed by atoms with E-state index in [-0.39, 0.29) is 12.0 Å². The number of hydrogen-bond acceptors (Lipinski definition) is 4. The molecule has 4 nitrogen and oxygen atoms in total. The van der Waals surface area contributed by atoms with Gasteiger partial charge in [-0.25, -0.2) is 0 Å². The largest absolute Gasteiger partial charge is 0.393 e. The van der Waals surface area contributed by atoms with Crippen molar-refractivity contribution in [2.45, 2.75) is 43.7 Å². The van der Waals surface area contributed by atoms with Crippen molar-refractivity contribution >= 4 is 11.6 Å². The Morgan fingerprint density at radius 3 is 2.61 bits per heavy atom. The van der Waals surface area contributed by atoms with E-state index in [4.69, 9.17) is 21.1 Å². The third kappa shape index (κ3) is 2.71. The molecule has 0 aromatic heterocycles. The maximum absolute atomic E-state index is 10.4. The van der Waals surface area contributed by atoms with Crippen LogP contribution in [-0.2, 0) is 9.47 Å². The molecule has 1 saturated heterocycles. The Balaban J connectivity index is 1.35. The van der Waals surface area contributed by atoms with E-state index in [1.54, 1.807) is 12.1 Å². The van der Waals surface area contributed by atoms with Crippen LogP contribution in [-0.4, -0.2) is 35.3 Å². The molecule has 0 amide bonds. The molecule has 2 saturated carbocycles. The molecule has 5 atom stereocenters. The van der Waals surface area contributed by atoms with Crippen LogP contribution in [0.5, 0.6) is 0 Å². The molecule has 4 rings (SSSR count). The molecule has 1 spiro atoms. The van der Waals surface area contributed by atoms with Gasteiger partial charge in [0.05, 0.1) is 25.4 Å². The summed E-state index contributed by atoms with van der Waals surface area (Å²) in [6.45, 7) is 1.33. The lowest BCUT2D eigenvalue weighted by Gasteiger charge is -2.49. The Hall–Kier alpha value is -0.650. The summed E-state index contributed by atoms with van der Waals surface area (Å²) in [6, 6.07) is 7.31. The van der Waals surface area contributed by atoms with Crippen LogP contribution in [0, 0.1) is 17.8 Å². The lowest BCUT2D eigenvalue weighted by molar-refractivity contribution is -0.272. The van der Waals surface area contributed by atoms with E-state index in [1.807, 2.05) is 12.1 Å². The molecule has 126 valence electrons. The third-order valence-electron chi connectivity index (χ3n) is 5.95. The van der Waals surface area contributed by atoms with Gasteiger partial charge in [0, 0.05) is 17.4 Å². The molecule has 1 heterocycles. The van der Waals surface area contributed by atoms with E-state index in [0.717, 1.165) is 24.8 Å². The van der Waals surface area contributed by atoms with E-state index < -0.39 is 11.9 Å². The second-order valence-corrected chi connectivity index (χ2v) is 7.53. The molecule has 1 aromatic rings. The number of hydrogen-bond donors (Lipinski definition) is 2. The summed E-state index contributed by atoms with van der Waals surface area (Å²) in [4.78, 5) is 0. The van der Waals surface area contributed by atoms with Gasteiger partial charge in [-0.05, 0) is 48.8 Å². The fourth-order valence-corrected chi connectivity index (χ4v) is 4.85. The SMILES string of the molecule is OC(CCC1C(O)CC2C1CC21OCCO1)c1ccc(Cl)cc1. The molecule has 5 heteroatoms. The van der Waals surface area contributed by atoms with Crippen molar-refractivity contribution in [3.05, 3.63) is 34.9 Å². The van der Waals surface area contributed by atoms with Gasteiger partial charge in [-0.3, -0.25) is 0 Å². The highest BCUT2D eigenvalue weighted by atomic mass is 35.5. The van der Waals surface area contributed by atoms with E-state index in [1.165, 1.54) is 0 Å². The van der Waals surface area contributed by atoms with Crippen LogP contribution in [0.1, 0.15) is 37.4 Å². The maximum atomic E-state index is 10.4. The third-order valence-corrected chi connectivity index (χ3v) is 6.20. The average Bonchev–Trinajstić information content (AvgIpc) is 3.12. The predicted octanol–water partition coefficient (Wildman–Crippen LogP) is 2.91. The number of ether oxygens (including phenoxy) is 2. The molecule has 1 aliphatic heterocycles. The zero-order chi connectivity index (χ0) is 16.0. The van der Waals surface area contributed by atoms with E-state index in [9.17, 15) is 10.2 Å². The number of fused-ring (bicyclic) bond motifs is 2. The zero-order valence-electron chi connectivity index (χ0n) is 13.0. The van der Waals surface area contributed by atoms with Crippen LogP contribution in [0.15, 0.2) is 24.3 Å². The lowest BCUT2D eigenvalue weighted by atomic mass is 9.66. The number of benzene rings is 1. The monoisotopic (exact) mass is 338 g/mol. The second-order valence-electron chi connectivity index (χ2n) is 7.09. The summed E-state index contributed by atoms with van der Waals surface area (Å²) in [7, 11) is 0. The van der Waals surface area contributed by atoms with Crippen molar-refractivity contribution < 1.29 is 19.7 Å². The summed E-state index contributed by atoms with van der Waals surface area (Å²) in [6.07, 6.45) is 2.30. The van der Waals surface area contributed by atoms with Gasteiger partial charge >= 0.3 is 0 Å². The minimum Gasteiger partial charge on any atom is -0.393 e. The van der Waals surface area contributed by atoms with Crippen molar-refractivity contribution in [2.24, 2.45) is 17.8 Å². The minimum absolute atomic E-state index is 0.236. The van der Waals surface area contributed by atoms with Gasteiger partial charge in [0.2, 0.25) is 0 Å². The first-order chi connectivity index (χ1) is 11.1. The van der Waals surface area contributed by atoms with Crippen LogP contribution in [0.4, 0.5) is 0 Å². The molecule has 3 fully saturated rings. The van der Waals surface area contributed by atoms with Crippen molar-refractivity contribution in [3.8, 4) is 0 Å². The molecule has 3 aliphatic rings. The van der Waals surface area contributed by atoms with Gasteiger partial charge in [0.25, 0.3) is 0 Å². The van der Waals surface area contributed by atoms with E-state index in [0.29, 0.717) is 36.5 Å². The topological polar surface area (TPSA) is 58.9 Å². The normalized spacial score (nSPS) is 36.0. The first kappa shape index (κ1) is 15.9. The number of aliphatic hydroxyl groups is 2. The molecule has 5 unspecified atom stereocenters. The van der Waals surface area contributed by atoms with Crippen LogP contribution in [0.3, 0.4) is 0 Å². The van der Waals surface area contributed by atoms with Crippen molar-refractivity contribution in [2.75, 3.05) is 13.2 Å². The van der Waals surface area contributed by atoms with Crippen molar-refractivity contribution in [1.29, 1.82) is 0 Å². The van der Waals surface area contributed by atoms with E-state index in [2.05, 4.69) is 0 Å². The Kier molecular flexibility index (Phi) is 4.14. The van der Waals surface area contributed by atoms with Crippen molar-refractivity contribution in [3.63, 3.8) is 0 Å². The van der Waals surface area contributed by atoms with Gasteiger partial charge in [-0.2, -0.15) is 0 Å². The van der Waals surface area contributed by atoms with Crippen LogP contribution >= 0.6 is 11.6 Å². The standard InChI is InChI=1S/C18H23ClO4/c19-12-3-1-11(2-4-12)16(20)6-5-13-14-10-18(22-7-8-23-18)15(14)9-17(13)21/h1-4,13-17,20-21H,5-10H2. The summed E-state index contributed by atoms with van der Waals surface area (Å²) in [5.41, 5.74) is 0.881. The molecule has 1 aromatic carbocycles. The summed E-state index contributed by atoms with van der Waals surface area (Å²) >= 11 is 5.88. The van der Waals surface area contributed by atoms with Gasteiger partial charge in [-0.1, -0.05) is 23.7 Å². The Labute approximate surface area is 141 Å². The van der Waals surface area contributed by atoms with Crippen LogP contribution in [0.2, 0.25) is 5.02 Å². The first-order valence-corrected chi connectivity index (χ1v) is 8.86. The summed E-state index contributed by atoms with van der Waals surface area (Å²) in [5, 5.41) is 21.5. The van der Waals surface area contributed by atoms with Gasteiger partial charge in [0.15, 0.2) is 5.79 Å². The molecule has 0 radical (unpaired) electrons. The number of aliphatic hydroxyl groups excluding tert-OH is 2. The quantitative estimate of drug-likeness (QED) is 0.886. The smallest absolute Gasteiger partial charge is 0.171 e. The molecular formula is C18H23ClO4. The fraction of sp³-hybridized carbons (Fsp3) is 0.667. The van der Waals surface area contributed by atoms with Gasteiger partial charge in [-0.15, -0.1) is 0 Å². The maximum Gasteiger partial charge on any atom is 0.171 e. The van der Waals surface area contributed by atoms with Gasteiger partial charge < -0.3 is 19.7 Å². The van der Waals surface area contributed by atoms with Crippen LogP contribution in [0.25, 0.3) is 0 Å². The number of halogens is 1. The fourth-order valence-electron chi connectivity index (χ4n) is 4.72. The van der Waals surface area contributed by atoms with E-state index >= 15 is 0 Å². The Morgan fingerprint density at radius 1 is 1.22 bits per heavy atom. The molecule has 2 N–H and O–H groups in total. The predicted molar refractivity (Wildman–Crippen MR) is 86.0 cm³/mol. The number of rotatable bonds is 4. The highest BCUT2D eigenvalue weighted by Gasteiger charge is 2.64. The highest BCUT2D eigenvalue weighted by Crippen LogP contribution is 2.60. The Morgan fingerprint density at radius 2 is 1.91 bits per heavy atom. The summed E-state index contributed by atoms with van der Waals surface area (Å²) < 4.78 is 11.6. The highest BCUT2D eigenvalue weighted by molar-refractivity contribution is 6.30. The minimum atomic E-state index is -0.508. The molecular weight excluding hydrogens is 316 g/mol. The Bertz CT molecular complexity index is 555. The second kappa shape index (κ2) is 6.01. The van der Waals surface area contributed by atoms with Crippen molar-refractivity contribution in [1.82, 2.24) is 0 Å². The lowest BCUT2D eigenvalue weighted by Crippen LogP contribution is -2.53. The zero-order valence-corrected chi connectivity index (χ0v) is 13.8. The molecule has 2 aliphatic carbocycles. The summed E-state index contributed by atoms with van der Waals surface area (Å²) in [5.74, 6) is 0.605. The van der Waals surface area contributed by atoms with Gasteiger partial charge in [0.1, 0.15) is 0 Å². The average molecular weight is 339 g/mol. The molecule has 0 bridgehead atoms. The molecule has 23 heavy (non-hydrogen) atoms.